The molecule has 27 heavy (non-hydrogen) atoms. The van der Waals surface area contributed by atoms with E-state index in [0.717, 1.165) is 32.9 Å². The predicted molar refractivity (Wildman–Crippen MR) is 110 cm³/mol. The van der Waals surface area contributed by atoms with Gasteiger partial charge in [0.05, 0.1) is 17.5 Å². The molecule has 0 saturated carbocycles. The molecule has 1 amide bonds. The smallest absolute Gasteiger partial charge is 0.238 e. The van der Waals surface area contributed by atoms with E-state index in [9.17, 15) is 4.79 Å². The Morgan fingerprint density at radius 1 is 1.15 bits per heavy atom. The highest BCUT2D eigenvalue weighted by Crippen LogP contribution is 2.43. The lowest BCUT2D eigenvalue weighted by Gasteiger charge is -2.37. The summed E-state index contributed by atoms with van der Waals surface area (Å²) in [6.45, 7) is 1.91. The number of anilines is 1. The third-order valence-electron chi connectivity index (χ3n) is 4.66. The zero-order valence-corrected chi connectivity index (χ0v) is 16.8. The molecule has 3 aromatic rings. The van der Waals surface area contributed by atoms with Crippen molar-refractivity contribution in [2.75, 3.05) is 16.4 Å². The van der Waals surface area contributed by atoms with Gasteiger partial charge in [-0.3, -0.25) is 4.79 Å². The third-order valence-corrected chi connectivity index (χ3v) is 6.81. The molecule has 5 nitrogen and oxygen atoms in total. The van der Waals surface area contributed by atoms with E-state index in [1.54, 1.807) is 11.8 Å². The van der Waals surface area contributed by atoms with Crippen LogP contribution in [0.2, 0.25) is 0 Å². The Balaban J connectivity index is 1.63. The van der Waals surface area contributed by atoms with Crippen molar-refractivity contribution in [3.05, 3.63) is 66.0 Å². The van der Waals surface area contributed by atoms with Crippen LogP contribution in [0.3, 0.4) is 0 Å². The van der Waals surface area contributed by atoms with Gasteiger partial charge in [0, 0.05) is 17.7 Å². The van der Waals surface area contributed by atoms with Crippen LogP contribution in [0.1, 0.15) is 17.4 Å². The van der Waals surface area contributed by atoms with E-state index in [-0.39, 0.29) is 11.9 Å². The van der Waals surface area contributed by atoms with Crippen LogP contribution >= 0.6 is 23.5 Å². The van der Waals surface area contributed by atoms with Crippen molar-refractivity contribution in [2.24, 2.45) is 7.05 Å². The Morgan fingerprint density at radius 3 is 2.63 bits per heavy atom. The first-order valence-electron chi connectivity index (χ1n) is 8.73. The maximum atomic E-state index is 13.3. The van der Waals surface area contributed by atoms with E-state index < -0.39 is 0 Å². The van der Waals surface area contributed by atoms with Crippen LogP contribution in [0, 0.1) is 6.92 Å². The number of thioether (sulfide) groups is 2. The van der Waals surface area contributed by atoms with Crippen molar-refractivity contribution in [1.29, 1.82) is 0 Å². The van der Waals surface area contributed by atoms with Crippen molar-refractivity contribution in [2.45, 2.75) is 23.0 Å². The summed E-state index contributed by atoms with van der Waals surface area (Å²) in [6, 6.07) is 18.4. The summed E-state index contributed by atoms with van der Waals surface area (Å²) in [4.78, 5) is 16.4. The predicted octanol–water partition coefficient (Wildman–Crippen LogP) is 4.10. The molecule has 0 saturated heterocycles. The second-order valence-corrected chi connectivity index (χ2v) is 8.35. The molecule has 1 atom stereocenters. The van der Waals surface area contributed by atoms with Gasteiger partial charge in [-0.05, 0) is 24.6 Å². The average molecular weight is 397 g/mol. The van der Waals surface area contributed by atoms with Gasteiger partial charge in [-0.15, -0.1) is 22.0 Å². The van der Waals surface area contributed by atoms with Gasteiger partial charge in [0.15, 0.2) is 5.16 Å². The number of hydrogen-bond acceptors (Lipinski definition) is 5. The van der Waals surface area contributed by atoms with Crippen LogP contribution in [0.5, 0.6) is 0 Å². The number of para-hydroxylation sites is 1. The van der Waals surface area contributed by atoms with Crippen LogP contribution in [0.15, 0.2) is 64.6 Å². The van der Waals surface area contributed by atoms with E-state index in [0.29, 0.717) is 5.75 Å². The number of fused-ring (bicyclic) bond motifs is 1. The first-order valence-corrected chi connectivity index (χ1v) is 10.7. The monoisotopic (exact) mass is 396 g/mol. The summed E-state index contributed by atoms with van der Waals surface area (Å²) in [7, 11) is 1.92. The maximum absolute atomic E-state index is 13.3. The van der Waals surface area contributed by atoms with Crippen LogP contribution in [0.4, 0.5) is 5.69 Å². The lowest BCUT2D eigenvalue weighted by atomic mass is 10.1. The number of amides is 1. The number of aryl methyl sites for hydroxylation is 1. The number of carbonyl (C=O) groups is 1. The van der Waals surface area contributed by atoms with Crippen LogP contribution in [0.25, 0.3) is 0 Å². The normalized spacial score (nSPS) is 16.2. The number of rotatable bonds is 4. The average Bonchev–Trinajstić information content (AvgIpc) is 3.04. The fraction of sp³-hybridized carbons (Fsp3) is 0.250. The van der Waals surface area contributed by atoms with E-state index in [1.807, 2.05) is 59.8 Å². The van der Waals surface area contributed by atoms with Gasteiger partial charge in [0.1, 0.15) is 5.82 Å². The Hall–Kier alpha value is -2.25. The molecule has 0 bridgehead atoms. The van der Waals surface area contributed by atoms with Gasteiger partial charge in [0.2, 0.25) is 5.91 Å². The molecule has 138 valence electrons. The fourth-order valence-corrected chi connectivity index (χ4v) is 5.11. The molecular formula is C20H20N4OS2. The second-order valence-electron chi connectivity index (χ2n) is 6.35. The highest BCUT2D eigenvalue weighted by atomic mass is 32.2. The van der Waals surface area contributed by atoms with Gasteiger partial charge < -0.3 is 9.47 Å². The minimum atomic E-state index is 0.0282. The molecule has 1 aliphatic heterocycles. The summed E-state index contributed by atoms with van der Waals surface area (Å²) in [5.41, 5.74) is 2.15. The Kier molecular flexibility index (Phi) is 5.22. The molecule has 2 aromatic carbocycles. The van der Waals surface area contributed by atoms with Crippen molar-refractivity contribution in [3.63, 3.8) is 0 Å². The molecular weight excluding hydrogens is 376 g/mol. The Morgan fingerprint density at radius 2 is 1.89 bits per heavy atom. The van der Waals surface area contributed by atoms with Crippen molar-refractivity contribution < 1.29 is 4.79 Å². The summed E-state index contributed by atoms with van der Waals surface area (Å²) in [5, 5.41) is 8.98. The van der Waals surface area contributed by atoms with Crippen LogP contribution in [-0.2, 0) is 11.8 Å². The topological polar surface area (TPSA) is 51.0 Å². The molecule has 0 fully saturated rings. The zero-order chi connectivity index (χ0) is 18.8. The summed E-state index contributed by atoms with van der Waals surface area (Å²) in [5.74, 6) is 2.10. The highest BCUT2D eigenvalue weighted by Gasteiger charge is 2.32. The number of carbonyl (C=O) groups excluding carboxylic acids is 1. The standard InChI is InChI=1S/C20H20N4OS2/c1-14-21-22-20(23(14)2)27-13-19(25)24-16-10-6-7-11-18(16)26-12-17(24)15-8-4-3-5-9-15/h3-11,17H,12-13H2,1-2H3/t17-/m1/s1. The van der Waals surface area contributed by atoms with Crippen LogP contribution < -0.4 is 4.90 Å². The quantitative estimate of drug-likeness (QED) is 0.622. The molecule has 0 N–H and O–H groups in total. The molecule has 0 aliphatic carbocycles. The Labute approximate surface area is 167 Å². The summed E-state index contributed by atoms with van der Waals surface area (Å²) in [6.07, 6.45) is 0. The van der Waals surface area contributed by atoms with E-state index in [4.69, 9.17) is 0 Å². The Bertz CT molecular complexity index is 958. The summed E-state index contributed by atoms with van der Waals surface area (Å²) < 4.78 is 1.91. The first-order chi connectivity index (χ1) is 13.1. The molecule has 0 radical (unpaired) electrons. The number of hydrogen-bond donors (Lipinski definition) is 0. The molecule has 4 rings (SSSR count). The van der Waals surface area contributed by atoms with Gasteiger partial charge >= 0.3 is 0 Å². The summed E-state index contributed by atoms with van der Waals surface area (Å²) >= 11 is 3.24. The molecule has 2 heterocycles. The number of benzene rings is 2. The largest absolute Gasteiger partial charge is 0.309 e. The SMILES string of the molecule is Cc1nnc(SCC(=O)N2c3ccccc3SC[C@@H]2c2ccccc2)n1C. The molecule has 0 unspecified atom stereocenters. The number of nitrogens with zero attached hydrogens (tertiary/aromatic N) is 4. The lowest BCUT2D eigenvalue weighted by Crippen LogP contribution is -2.39. The minimum Gasteiger partial charge on any atom is -0.309 e. The second kappa shape index (κ2) is 7.78. The third kappa shape index (κ3) is 3.61. The van der Waals surface area contributed by atoms with Gasteiger partial charge in [-0.2, -0.15) is 0 Å². The highest BCUT2D eigenvalue weighted by molar-refractivity contribution is 8.00. The van der Waals surface area contributed by atoms with Gasteiger partial charge in [0.25, 0.3) is 0 Å². The molecule has 0 spiro atoms. The molecule has 1 aromatic heterocycles. The van der Waals surface area contributed by atoms with E-state index >= 15 is 0 Å². The van der Waals surface area contributed by atoms with Gasteiger partial charge in [-0.25, -0.2) is 0 Å². The minimum absolute atomic E-state index is 0.0282. The van der Waals surface area contributed by atoms with Crippen molar-refractivity contribution in [1.82, 2.24) is 14.8 Å². The zero-order valence-electron chi connectivity index (χ0n) is 15.2. The first kappa shape index (κ1) is 18.1. The van der Waals surface area contributed by atoms with E-state index in [2.05, 4.69) is 28.4 Å². The fourth-order valence-electron chi connectivity index (χ4n) is 3.13. The molecule has 7 heteroatoms. The lowest BCUT2D eigenvalue weighted by molar-refractivity contribution is -0.116. The van der Waals surface area contributed by atoms with Crippen LogP contribution in [-0.4, -0.2) is 32.2 Å². The number of aromatic nitrogens is 3. The van der Waals surface area contributed by atoms with Gasteiger partial charge in [-0.1, -0.05) is 54.2 Å². The maximum Gasteiger partial charge on any atom is 0.238 e. The van der Waals surface area contributed by atoms with Crippen molar-refractivity contribution in [3.8, 4) is 0 Å². The van der Waals surface area contributed by atoms with E-state index in [1.165, 1.54) is 11.8 Å². The molecule has 1 aliphatic rings. The van der Waals surface area contributed by atoms with Crippen molar-refractivity contribution >= 4 is 35.1 Å².